The molecule has 1 aromatic carbocycles. The van der Waals surface area contributed by atoms with Gasteiger partial charge in [0, 0.05) is 68.2 Å². The maximum Gasteiger partial charge on any atom is 0.357 e. The Hall–Kier alpha value is -3.01. The lowest BCUT2D eigenvalue weighted by atomic mass is 10.0. The van der Waals surface area contributed by atoms with Crippen LogP contribution in [-0.4, -0.2) is 85.3 Å². The number of anilines is 2. The zero-order chi connectivity index (χ0) is 26.2. The highest BCUT2D eigenvalue weighted by Gasteiger charge is 2.19. The molecule has 0 aliphatic carbocycles. The van der Waals surface area contributed by atoms with Gasteiger partial charge in [-0.1, -0.05) is 19.1 Å². The zero-order valence-corrected chi connectivity index (χ0v) is 23.1. The van der Waals surface area contributed by atoms with E-state index >= 15 is 0 Å². The topological polar surface area (TPSA) is 71.0 Å². The number of benzene rings is 1. The van der Waals surface area contributed by atoms with E-state index in [2.05, 4.69) is 69.8 Å². The van der Waals surface area contributed by atoms with E-state index in [4.69, 9.17) is 9.47 Å². The number of ether oxygens (including phenoxy) is 2. The molecule has 8 nitrogen and oxygen atoms in total. The molecule has 0 unspecified atom stereocenters. The van der Waals surface area contributed by atoms with Gasteiger partial charge in [0.05, 0.1) is 6.61 Å². The number of pyridine rings is 1. The van der Waals surface area contributed by atoms with Crippen LogP contribution in [0.3, 0.4) is 0 Å². The van der Waals surface area contributed by atoms with Crippen molar-refractivity contribution in [2.45, 2.75) is 27.2 Å². The van der Waals surface area contributed by atoms with E-state index in [0.29, 0.717) is 24.8 Å². The third-order valence-electron chi connectivity index (χ3n) is 6.48. The number of likely N-dealkylation sites (N-methyl/N-ethyl adjacent to an activating group) is 1. The first kappa shape index (κ1) is 27.0. The predicted octanol–water partition coefficient (Wildman–Crippen LogP) is 4.86. The van der Waals surface area contributed by atoms with Gasteiger partial charge in [0.1, 0.15) is 6.61 Å². The third kappa shape index (κ3) is 7.06. The molecule has 0 bridgehead atoms. The molecule has 0 radical (unpaired) electrons. The Kier molecular flexibility index (Phi) is 9.49. The summed E-state index contributed by atoms with van der Waals surface area (Å²) in [6.45, 7) is 13.1. The first-order chi connectivity index (χ1) is 18.0. The first-order valence-electron chi connectivity index (χ1n) is 13.0. The quantitative estimate of drug-likeness (QED) is 0.330. The van der Waals surface area contributed by atoms with Crippen LogP contribution in [0.4, 0.5) is 10.8 Å². The molecule has 198 valence electrons. The van der Waals surface area contributed by atoms with Crippen molar-refractivity contribution in [2.75, 3.05) is 64.4 Å². The summed E-state index contributed by atoms with van der Waals surface area (Å²) in [6, 6.07) is 10.4. The summed E-state index contributed by atoms with van der Waals surface area (Å²) in [6.07, 6.45) is 2.81. The largest absolute Gasteiger partial charge is 0.476 e. The number of aromatic nitrogens is 2. The minimum absolute atomic E-state index is 0.333. The molecule has 2 aromatic heterocycles. The van der Waals surface area contributed by atoms with Crippen LogP contribution in [0.5, 0.6) is 5.88 Å². The smallest absolute Gasteiger partial charge is 0.357 e. The van der Waals surface area contributed by atoms with Crippen molar-refractivity contribution in [3.05, 3.63) is 53.2 Å². The highest BCUT2D eigenvalue weighted by atomic mass is 32.1. The Balaban J connectivity index is 1.45. The molecule has 1 aliphatic rings. The van der Waals surface area contributed by atoms with Gasteiger partial charge in [-0.15, -0.1) is 11.3 Å². The van der Waals surface area contributed by atoms with Crippen molar-refractivity contribution in [1.29, 1.82) is 0 Å². The fourth-order valence-corrected chi connectivity index (χ4v) is 5.13. The van der Waals surface area contributed by atoms with Crippen LogP contribution < -0.4 is 9.64 Å². The summed E-state index contributed by atoms with van der Waals surface area (Å²) in [4.78, 5) is 28.2. The van der Waals surface area contributed by atoms with Gasteiger partial charge in [0.15, 0.2) is 10.8 Å². The summed E-state index contributed by atoms with van der Waals surface area (Å²) < 4.78 is 11.0. The van der Waals surface area contributed by atoms with Crippen molar-refractivity contribution < 1.29 is 14.3 Å². The van der Waals surface area contributed by atoms with Gasteiger partial charge in [-0.25, -0.2) is 14.8 Å². The number of aryl methyl sites for hydroxylation is 1. The number of hydrogen-bond acceptors (Lipinski definition) is 9. The molecule has 0 saturated carbocycles. The van der Waals surface area contributed by atoms with E-state index in [1.807, 2.05) is 12.3 Å². The third-order valence-corrected chi connectivity index (χ3v) is 7.34. The molecule has 9 heteroatoms. The normalized spacial score (nSPS) is 14.5. The van der Waals surface area contributed by atoms with E-state index in [0.717, 1.165) is 73.2 Å². The van der Waals surface area contributed by atoms with Gasteiger partial charge < -0.3 is 19.3 Å². The van der Waals surface area contributed by atoms with Gasteiger partial charge in [0.25, 0.3) is 0 Å². The summed E-state index contributed by atoms with van der Waals surface area (Å²) in [5.74, 6) is 0.260. The summed E-state index contributed by atoms with van der Waals surface area (Å²) in [5.41, 5.74) is 4.65. The average molecular weight is 524 g/mol. The number of esters is 1. The van der Waals surface area contributed by atoms with Crippen LogP contribution in [-0.2, 0) is 4.74 Å². The van der Waals surface area contributed by atoms with Crippen molar-refractivity contribution >= 4 is 28.1 Å². The fourth-order valence-electron chi connectivity index (χ4n) is 4.30. The van der Waals surface area contributed by atoms with Crippen molar-refractivity contribution in [2.24, 2.45) is 0 Å². The molecule has 37 heavy (non-hydrogen) atoms. The van der Waals surface area contributed by atoms with Crippen LogP contribution in [0.25, 0.3) is 11.1 Å². The van der Waals surface area contributed by atoms with Crippen molar-refractivity contribution in [3.63, 3.8) is 0 Å². The molecular weight excluding hydrogens is 486 g/mol. The maximum atomic E-state index is 12.1. The van der Waals surface area contributed by atoms with Crippen LogP contribution in [0.2, 0.25) is 0 Å². The van der Waals surface area contributed by atoms with E-state index in [1.165, 1.54) is 11.3 Å². The Morgan fingerprint density at radius 1 is 1.11 bits per heavy atom. The number of rotatable bonds is 11. The van der Waals surface area contributed by atoms with Crippen LogP contribution in [0.15, 0.2) is 41.9 Å². The molecule has 0 amide bonds. The Morgan fingerprint density at radius 3 is 2.59 bits per heavy atom. The van der Waals surface area contributed by atoms with Crippen LogP contribution >= 0.6 is 11.3 Å². The second kappa shape index (κ2) is 13.0. The molecule has 3 heterocycles. The number of carbonyl (C=O) groups excluding carboxylic acids is 1. The number of nitrogens with zero attached hydrogens (tertiary/aromatic N) is 5. The van der Waals surface area contributed by atoms with E-state index in [1.54, 1.807) is 12.3 Å². The summed E-state index contributed by atoms with van der Waals surface area (Å²) >= 11 is 1.46. The second-order valence-electron chi connectivity index (χ2n) is 9.27. The molecule has 3 aromatic rings. The van der Waals surface area contributed by atoms with E-state index in [-0.39, 0.29) is 5.97 Å². The highest BCUT2D eigenvalue weighted by molar-refractivity contribution is 7.14. The number of carbonyl (C=O) groups is 1. The number of hydrogen-bond donors (Lipinski definition) is 0. The highest BCUT2D eigenvalue weighted by Crippen LogP contribution is 2.34. The maximum absolute atomic E-state index is 12.1. The summed E-state index contributed by atoms with van der Waals surface area (Å²) in [5, 5.41) is 2.55. The Morgan fingerprint density at radius 2 is 1.89 bits per heavy atom. The predicted molar refractivity (Wildman–Crippen MR) is 149 cm³/mol. The van der Waals surface area contributed by atoms with Gasteiger partial charge in [0.2, 0.25) is 5.88 Å². The molecule has 0 atom stereocenters. The zero-order valence-electron chi connectivity index (χ0n) is 22.3. The number of piperazine rings is 1. The number of thiazole rings is 1. The monoisotopic (exact) mass is 523 g/mol. The molecular formula is C28H37N5O3S. The molecule has 1 saturated heterocycles. The van der Waals surface area contributed by atoms with Crippen molar-refractivity contribution in [3.8, 4) is 17.0 Å². The SMILES string of the molecule is CCCN(c1nc(C(=O)OCC)cs1)c1cc(-c2ccc(OCCN3CCN(C)CC3)nc2)ccc1C. The molecule has 0 spiro atoms. The fraction of sp³-hybridized carbons (Fsp3) is 0.464. The van der Waals surface area contributed by atoms with E-state index in [9.17, 15) is 4.79 Å². The van der Waals surface area contributed by atoms with Gasteiger partial charge >= 0.3 is 5.97 Å². The molecule has 4 rings (SSSR count). The minimum Gasteiger partial charge on any atom is -0.476 e. The first-order valence-corrected chi connectivity index (χ1v) is 13.9. The summed E-state index contributed by atoms with van der Waals surface area (Å²) in [7, 11) is 2.17. The second-order valence-corrected chi connectivity index (χ2v) is 10.1. The van der Waals surface area contributed by atoms with Crippen LogP contribution in [0, 0.1) is 6.92 Å². The Labute approximate surface area is 223 Å². The van der Waals surface area contributed by atoms with Crippen LogP contribution in [0.1, 0.15) is 36.3 Å². The lowest BCUT2D eigenvalue weighted by molar-refractivity contribution is 0.0520. The molecule has 1 fully saturated rings. The van der Waals surface area contributed by atoms with Gasteiger partial charge in [-0.3, -0.25) is 4.90 Å². The van der Waals surface area contributed by atoms with Gasteiger partial charge in [-0.05, 0) is 50.6 Å². The van der Waals surface area contributed by atoms with Gasteiger partial charge in [-0.2, -0.15) is 0 Å². The lowest BCUT2D eigenvalue weighted by Crippen LogP contribution is -2.45. The molecule has 0 N–H and O–H groups in total. The standard InChI is InChI=1S/C28H37N5O3S/c1-5-11-33(28-30-24(20-37-28)27(34)35-6-2)25-18-22(8-7-21(25)3)23-9-10-26(29-19-23)36-17-16-32-14-12-31(4)13-15-32/h7-10,18-20H,5-6,11-17H2,1-4H3. The minimum atomic E-state index is -0.385. The molecule has 1 aliphatic heterocycles. The lowest BCUT2D eigenvalue weighted by Gasteiger charge is -2.32. The van der Waals surface area contributed by atoms with Crippen molar-refractivity contribution in [1.82, 2.24) is 19.8 Å². The Bertz CT molecular complexity index is 1160. The average Bonchev–Trinajstić information content (AvgIpc) is 3.40. The van der Waals surface area contributed by atoms with E-state index < -0.39 is 0 Å².